The number of hydrogen-bond acceptors (Lipinski definition) is 2. The first-order chi connectivity index (χ1) is 12.1. The second-order valence-corrected chi connectivity index (χ2v) is 5.98. The summed E-state index contributed by atoms with van der Waals surface area (Å²) in [6.45, 7) is 2.46. The molecule has 4 heteroatoms. The smallest absolute Gasteiger partial charge is 0.263 e. The number of rotatable bonds is 4. The number of benzene rings is 2. The first-order valence-corrected chi connectivity index (χ1v) is 8.15. The molecule has 0 unspecified atom stereocenters. The number of carbonyl (C=O) groups is 1. The Kier molecular flexibility index (Phi) is 4.80. The van der Waals surface area contributed by atoms with Crippen LogP contribution in [0.1, 0.15) is 21.5 Å². The summed E-state index contributed by atoms with van der Waals surface area (Å²) in [7, 11) is 1.68. The largest absolute Gasteiger partial charge is 0.311 e. The summed E-state index contributed by atoms with van der Waals surface area (Å²) in [5, 5.41) is 0. The van der Waals surface area contributed by atoms with Gasteiger partial charge in [0.25, 0.3) is 11.5 Å². The molecule has 3 rings (SSSR count). The summed E-state index contributed by atoms with van der Waals surface area (Å²) in [5.41, 5.74) is 2.82. The van der Waals surface area contributed by atoms with Crippen molar-refractivity contribution in [3.63, 3.8) is 0 Å². The number of amides is 1. The van der Waals surface area contributed by atoms with Gasteiger partial charge in [-0.25, -0.2) is 0 Å². The van der Waals surface area contributed by atoms with Crippen molar-refractivity contribution in [2.24, 2.45) is 0 Å². The fourth-order valence-corrected chi connectivity index (χ4v) is 2.74. The topological polar surface area (TPSA) is 42.3 Å². The van der Waals surface area contributed by atoms with E-state index in [1.165, 1.54) is 4.90 Å². The number of aryl methyl sites for hydroxylation is 1. The predicted molar refractivity (Wildman–Crippen MR) is 100 cm³/mol. The maximum absolute atomic E-state index is 12.8. The van der Waals surface area contributed by atoms with Crippen LogP contribution in [0.5, 0.6) is 0 Å². The predicted octanol–water partition coefficient (Wildman–Crippen LogP) is 3.48. The van der Waals surface area contributed by atoms with Crippen LogP contribution >= 0.6 is 0 Å². The Morgan fingerprint density at radius 2 is 1.64 bits per heavy atom. The third kappa shape index (κ3) is 3.53. The maximum atomic E-state index is 12.8. The van der Waals surface area contributed by atoms with Gasteiger partial charge in [0.05, 0.1) is 6.54 Å². The normalized spacial score (nSPS) is 10.5. The third-order valence-electron chi connectivity index (χ3n) is 4.30. The van der Waals surface area contributed by atoms with Crippen molar-refractivity contribution in [1.29, 1.82) is 0 Å². The first kappa shape index (κ1) is 16.7. The van der Waals surface area contributed by atoms with Crippen molar-refractivity contribution < 1.29 is 4.79 Å². The standard InChI is InChI=1S/C21H20N2O2/c1-16-9-6-7-10-17(16)15-23-14-8-13-19(21(23)25)20(24)22(2)18-11-4-3-5-12-18/h3-14H,15H2,1-2H3. The molecule has 1 aromatic heterocycles. The summed E-state index contributed by atoms with van der Waals surface area (Å²) in [4.78, 5) is 27.0. The molecule has 0 aliphatic rings. The van der Waals surface area contributed by atoms with E-state index in [1.807, 2.05) is 61.5 Å². The van der Waals surface area contributed by atoms with Crippen LogP contribution in [0.4, 0.5) is 5.69 Å². The van der Waals surface area contributed by atoms with Crippen molar-refractivity contribution >= 4 is 11.6 Å². The van der Waals surface area contributed by atoms with Crippen LogP contribution in [-0.4, -0.2) is 17.5 Å². The molecule has 0 fully saturated rings. The number of para-hydroxylation sites is 1. The average molecular weight is 332 g/mol. The van der Waals surface area contributed by atoms with Gasteiger partial charge in [-0.05, 0) is 42.3 Å². The van der Waals surface area contributed by atoms with E-state index in [0.717, 1.165) is 16.8 Å². The molecular weight excluding hydrogens is 312 g/mol. The van der Waals surface area contributed by atoms with Gasteiger partial charge in [-0.1, -0.05) is 42.5 Å². The molecular formula is C21H20N2O2. The molecule has 126 valence electrons. The highest BCUT2D eigenvalue weighted by molar-refractivity contribution is 6.05. The molecule has 0 aliphatic heterocycles. The Hall–Kier alpha value is -3.14. The zero-order valence-corrected chi connectivity index (χ0v) is 14.3. The quantitative estimate of drug-likeness (QED) is 0.734. The number of anilines is 1. The minimum absolute atomic E-state index is 0.169. The van der Waals surface area contributed by atoms with E-state index in [1.54, 1.807) is 29.9 Å². The fraction of sp³-hybridized carbons (Fsp3) is 0.143. The molecule has 1 amide bonds. The average Bonchev–Trinajstić information content (AvgIpc) is 2.65. The van der Waals surface area contributed by atoms with Crippen LogP contribution in [0.3, 0.4) is 0 Å². The van der Waals surface area contributed by atoms with Gasteiger partial charge < -0.3 is 9.47 Å². The van der Waals surface area contributed by atoms with Crippen LogP contribution in [0, 0.1) is 6.92 Å². The minimum Gasteiger partial charge on any atom is -0.311 e. The van der Waals surface area contributed by atoms with Crippen LogP contribution in [0.25, 0.3) is 0 Å². The molecule has 2 aromatic carbocycles. The Morgan fingerprint density at radius 1 is 0.960 bits per heavy atom. The molecule has 0 bridgehead atoms. The Morgan fingerprint density at radius 3 is 2.36 bits per heavy atom. The molecule has 1 heterocycles. The minimum atomic E-state index is -0.310. The Bertz CT molecular complexity index is 945. The number of nitrogens with zero attached hydrogens (tertiary/aromatic N) is 2. The van der Waals surface area contributed by atoms with Crippen LogP contribution in [0.2, 0.25) is 0 Å². The van der Waals surface area contributed by atoms with E-state index >= 15 is 0 Å². The van der Waals surface area contributed by atoms with Gasteiger partial charge in [0.1, 0.15) is 5.56 Å². The zero-order valence-electron chi connectivity index (χ0n) is 14.3. The highest BCUT2D eigenvalue weighted by atomic mass is 16.2. The second-order valence-electron chi connectivity index (χ2n) is 5.98. The van der Waals surface area contributed by atoms with E-state index in [2.05, 4.69) is 0 Å². The lowest BCUT2D eigenvalue weighted by atomic mass is 10.1. The molecule has 25 heavy (non-hydrogen) atoms. The monoisotopic (exact) mass is 332 g/mol. The van der Waals surface area contributed by atoms with Crippen LogP contribution < -0.4 is 10.5 Å². The Balaban J connectivity index is 1.92. The lowest BCUT2D eigenvalue weighted by molar-refractivity contribution is 0.0991. The molecule has 3 aromatic rings. The van der Waals surface area contributed by atoms with Gasteiger partial charge in [-0.3, -0.25) is 9.59 Å². The highest BCUT2D eigenvalue weighted by Crippen LogP contribution is 2.14. The first-order valence-electron chi connectivity index (χ1n) is 8.15. The van der Waals surface area contributed by atoms with E-state index in [-0.39, 0.29) is 17.0 Å². The summed E-state index contributed by atoms with van der Waals surface area (Å²) >= 11 is 0. The molecule has 0 aliphatic carbocycles. The molecule has 4 nitrogen and oxygen atoms in total. The molecule has 0 N–H and O–H groups in total. The molecule has 0 saturated carbocycles. The van der Waals surface area contributed by atoms with Gasteiger partial charge in [-0.2, -0.15) is 0 Å². The van der Waals surface area contributed by atoms with Crippen molar-refractivity contribution in [1.82, 2.24) is 4.57 Å². The lowest BCUT2D eigenvalue weighted by Crippen LogP contribution is -2.34. The summed E-state index contributed by atoms with van der Waals surface area (Å²) in [6, 6.07) is 20.5. The molecule has 0 saturated heterocycles. The lowest BCUT2D eigenvalue weighted by Gasteiger charge is -2.17. The van der Waals surface area contributed by atoms with Gasteiger partial charge in [0.15, 0.2) is 0 Å². The van der Waals surface area contributed by atoms with E-state index < -0.39 is 0 Å². The van der Waals surface area contributed by atoms with E-state index in [4.69, 9.17) is 0 Å². The van der Waals surface area contributed by atoms with Crippen molar-refractivity contribution in [3.8, 4) is 0 Å². The van der Waals surface area contributed by atoms with Crippen molar-refractivity contribution in [3.05, 3.63) is 100.0 Å². The Labute approximate surface area is 147 Å². The van der Waals surface area contributed by atoms with Crippen molar-refractivity contribution in [2.45, 2.75) is 13.5 Å². The van der Waals surface area contributed by atoms with E-state index in [9.17, 15) is 9.59 Å². The van der Waals surface area contributed by atoms with Gasteiger partial charge in [0, 0.05) is 18.9 Å². The SMILES string of the molecule is Cc1ccccc1Cn1cccc(C(=O)N(C)c2ccccc2)c1=O. The number of hydrogen-bond donors (Lipinski definition) is 0. The molecule has 0 atom stereocenters. The summed E-state index contributed by atoms with van der Waals surface area (Å²) < 4.78 is 1.58. The second kappa shape index (κ2) is 7.18. The van der Waals surface area contributed by atoms with Gasteiger partial charge >= 0.3 is 0 Å². The number of carbonyl (C=O) groups excluding carboxylic acids is 1. The van der Waals surface area contributed by atoms with Gasteiger partial charge in [0.2, 0.25) is 0 Å². The van der Waals surface area contributed by atoms with Crippen molar-refractivity contribution in [2.75, 3.05) is 11.9 Å². The molecule has 0 radical (unpaired) electrons. The maximum Gasteiger partial charge on any atom is 0.263 e. The zero-order chi connectivity index (χ0) is 17.8. The van der Waals surface area contributed by atoms with Gasteiger partial charge in [-0.15, -0.1) is 0 Å². The summed E-state index contributed by atoms with van der Waals surface area (Å²) in [6.07, 6.45) is 1.72. The fourth-order valence-electron chi connectivity index (χ4n) is 2.74. The third-order valence-corrected chi connectivity index (χ3v) is 4.30. The highest BCUT2D eigenvalue weighted by Gasteiger charge is 2.17. The van der Waals surface area contributed by atoms with Crippen LogP contribution in [-0.2, 0) is 6.54 Å². The number of aromatic nitrogens is 1. The van der Waals surface area contributed by atoms with Crippen LogP contribution in [0.15, 0.2) is 77.7 Å². The number of pyridine rings is 1. The molecule has 0 spiro atoms. The van der Waals surface area contributed by atoms with E-state index in [0.29, 0.717) is 6.54 Å². The summed E-state index contributed by atoms with van der Waals surface area (Å²) in [5.74, 6) is -0.310.